The Morgan fingerprint density at radius 1 is 0.333 bits per heavy atom. The van der Waals surface area contributed by atoms with Gasteiger partial charge < -0.3 is 0 Å². The molecule has 0 saturated heterocycles. The molecule has 0 atom stereocenters. The van der Waals surface area contributed by atoms with Gasteiger partial charge in [-0.2, -0.15) is 0 Å². The summed E-state index contributed by atoms with van der Waals surface area (Å²) in [5.41, 5.74) is 0. The molecule has 0 aromatic rings. The van der Waals surface area contributed by atoms with Crippen molar-refractivity contribution in [2.45, 2.75) is 0 Å². The topological polar surface area (TPSA) is 0 Å². The molecule has 6 heteroatoms. The van der Waals surface area contributed by atoms with Crippen molar-refractivity contribution in [2.75, 3.05) is 0 Å². The van der Waals surface area contributed by atoms with Crippen molar-refractivity contribution < 1.29 is 142 Å². The van der Waals surface area contributed by atoms with Gasteiger partial charge in [0.25, 0.3) is 0 Å². The molecule has 0 aliphatic heterocycles. The summed E-state index contributed by atoms with van der Waals surface area (Å²) in [6, 6.07) is 0. The van der Waals surface area contributed by atoms with E-state index in [9.17, 15) is 0 Å². The van der Waals surface area contributed by atoms with E-state index in [0.717, 1.165) is 0 Å². The van der Waals surface area contributed by atoms with E-state index in [-0.39, 0.29) is 142 Å². The molecule has 0 aliphatic rings. The van der Waals surface area contributed by atoms with Gasteiger partial charge in [0, 0.05) is 142 Å². The average Bonchev–Trinajstić information content (AvgIpc) is 0. The fraction of sp³-hybridized carbons (Fsp3) is 0. The van der Waals surface area contributed by atoms with Crippen molar-refractivity contribution in [1.82, 2.24) is 0 Å². The molecule has 0 N–H and O–H groups in total. The molecule has 0 aromatic carbocycles. The van der Waals surface area contributed by atoms with Crippen LogP contribution in [0, 0.1) is 41.7 Å². The maximum absolute atomic E-state index is 0. The van der Waals surface area contributed by atoms with Crippen molar-refractivity contribution in [3.05, 3.63) is 0 Å². The van der Waals surface area contributed by atoms with E-state index in [2.05, 4.69) is 0 Å². The van der Waals surface area contributed by atoms with E-state index < -0.39 is 0 Å². The summed E-state index contributed by atoms with van der Waals surface area (Å²) in [7, 11) is 0. The van der Waals surface area contributed by atoms with Gasteiger partial charge >= 0.3 is 0 Å². The predicted molar refractivity (Wildman–Crippen MR) is 0 cm³/mol. The van der Waals surface area contributed by atoms with Crippen LogP contribution in [-0.4, -0.2) is 0 Å². The third kappa shape index (κ3) is 23.4. The SMILES string of the molecule is [Ce].[Ir].[Ir].[Ir].[Ir].[Ir]. The van der Waals surface area contributed by atoms with Crippen LogP contribution in [0.5, 0.6) is 0 Å². The van der Waals surface area contributed by atoms with Crippen LogP contribution in [0.3, 0.4) is 0 Å². The summed E-state index contributed by atoms with van der Waals surface area (Å²) in [5.74, 6) is 0. The zero-order valence-electron chi connectivity index (χ0n) is 2.17. The van der Waals surface area contributed by atoms with Crippen LogP contribution < -0.4 is 0 Å². The third-order valence-electron chi connectivity index (χ3n) is 0. The Kier molecular flexibility index (Phi) is 257. The van der Waals surface area contributed by atoms with Crippen LogP contribution in [-0.2, 0) is 101 Å². The fourth-order valence-electron chi connectivity index (χ4n) is 0. The molecule has 0 nitrogen and oxygen atoms in total. The van der Waals surface area contributed by atoms with Gasteiger partial charge in [0.2, 0.25) is 0 Å². The van der Waals surface area contributed by atoms with Crippen LogP contribution in [0.25, 0.3) is 0 Å². The molecule has 0 bridgehead atoms. The van der Waals surface area contributed by atoms with Gasteiger partial charge in [-0.1, -0.05) is 0 Å². The number of hydrogen-bond acceptors (Lipinski definition) is 0. The van der Waals surface area contributed by atoms with Gasteiger partial charge in [0.1, 0.15) is 0 Å². The molecule has 0 aromatic heterocycles. The Labute approximate surface area is 139 Å². The van der Waals surface area contributed by atoms with Crippen LogP contribution in [0.2, 0.25) is 0 Å². The first-order valence-electron chi connectivity index (χ1n) is 0. The summed E-state index contributed by atoms with van der Waals surface area (Å²) in [4.78, 5) is 0. The maximum atomic E-state index is 0. The molecule has 0 spiro atoms. The van der Waals surface area contributed by atoms with E-state index >= 15 is 0 Å². The Morgan fingerprint density at radius 2 is 0.333 bits per heavy atom. The van der Waals surface area contributed by atoms with Gasteiger partial charge in [0.05, 0.1) is 0 Å². The zero-order valence-corrected chi connectivity index (χ0v) is 17.3. The van der Waals surface area contributed by atoms with E-state index in [1.807, 2.05) is 0 Å². The minimum Gasteiger partial charge on any atom is 0 e. The molecule has 49 valence electrons. The van der Waals surface area contributed by atoms with Crippen molar-refractivity contribution in [1.29, 1.82) is 0 Å². The summed E-state index contributed by atoms with van der Waals surface area (Å²) in [5, 5.41) is 0. The van der Waals surface area contributed by atoms with E-state index in [1.54, 1.807) is 0 Å². The number of hydrogen-bond donors (Lipinski definition) is 0. The summed E-state index contributed by atoms with van der Waals surface area (Å²) in [6.07, 6.45) is 0. The third-order valence-corrected chi connectivity index (χ3v) is 0. The second-order valence-corrected chi connectivity index (χ2v) is 0. The van der Waals surface area contributed by atoms with Crippen LogP contribution in [0.4, 0.5) is 0 Å². The van der Waals surface area contributed by atoms with E-state index in [0.29, 0.717) is 0 Å². The van der Waals surface area contributed by atoms with Gasteiger partial charge in [0.15, 0.2) is 0 Å². The second-order valence-electron chi connectivity index (χ2n) is 0. The monoisotopic (exact) mass is 1100 g/mol. The Bertz CT molecular complexity index is 3.90. The van der Waals surface area contributed by atoms with Crippen LogP contribution >= 0.6 is 0 Å². The largest absolute Gasteiger partial charge is 0 e. The molecular weight excluding hydrogens is 1100 g/mol. The van der Waals surface area contributed by atoms with Gasteiger partial charge in [-0.05, 0) is 0 Å². The normalized spacial score (nSPS) is 0. The Balaban J connectivity index is 0. The molecule has 0 amide bonds. The van der Waals surface area contributed by atoms with Gasteiger partial charge in [-0.15, -0.1) is 0 Å². The first-order valence-corrected chi connectivity index (χ1v) is 0. The smallest absolute Gasteiger partial charge is 0 e. The minimum absolute atomic E-state index is 0. The summed E-state index contributed by atoms with van der Waals surface area (Å²) in [6.45, 7) is 0. The standard InChI is InChI=1S/Ce.5Ir. The number of rotatable bonds is 0. The molecule has 0 heterocycles. The Morgan fingerprint density at radius 3 is 0.333 bits per heavy atom. The quantitative estimate of drug-likeness (QED) is 0.321. The second kappa shape index (κ2) is 33.5. The summed E-state index contributed by atoms with van der Waals surface area (Å²) < 4.78 is 0. The Hall–Kier alpha value is 4.62. The first kappa shape index (κ1) is 46.0. The molecule has 0 saturated carbocycles. The molecule has 0 unspecified atom stereocenters. The molecular formula is CeIr5. The first-order chi connectivity index (χ1) is 0. The minimum atomic E-state index is 0. The zero-order chi connectivity index (χ0) is 0. The van der Waals surface area contributed by atoms with E-state index in [1.165, 1.54) is 0 Å². The molecule has 5 radical (unpaired) electrons. The summed E-state index contributed by atoms with van der Waals surface area (Å²) >= 11 is 0. The van der Waals surface area contributed by atoms with E-state index in [4.69, 9.17) is 0 Å². The van der Waals surface area contributed by atoms with Crippen LogP contribution in [0.1, 0.15) is 0 Å². The predicted octanol–water partition coefficient (Wildman–Crippen LogP) is -0.0125. The molecule has 0 aliphatic carbocycles. The van der Waals surface area contributed by atoms with Crippen LogP contribution in [0.15, 0.2) is 0 Å². The molecule has 0 fully saturated rings. The average molecular weight is 1100 g/mol. The molecule has 6 heavy (non-hydrogen) atoms. The van der Waals surface area contributed by atoms with Gasteiger partial charge in [-0.25, -0.2) is 0 Å². The molecule has 0 rings (SSSR count). The maximum Gasteiger partial charge on any atom is 0 e. The van der Waals surface area contributed by atoms with Crippen molar-refractivity contribution in [2.24, 2.45) is 0 Å². The van der Waals surface area contributed by atoms with Crippen molar-refractivity contribution in [3.8, 4) is 0 Å². The van der Waals surface area contributed by atoms with Gasteiger partial charge in [-0.3, -0.25) is 0 Å². The fourth-order valence-corrected chi connectivity index (χ4v) is 0. The van der Waals surface area contributed by atoms with Crippen molar-refractivity contribution >= 4 is 0 Å². The van der Waals surface area contributed by atoms with Crippen molar-refractivity contribution in [3.63, 3.8) is 0 Å².